The van der Waals surface area contributed by atoms with Crippen LogP contribution in [0.5, 0.6) is 0 Å². The average Bonchev–Trinajstić information content (AvgIpc) is 3.58. The second-order valence-electron chi connectivity index (χ2n) is 9.12. The number of nitrogens with zero attached hydrogens (tertiary/aromatic N) is 1. The molecule has 0 saturated heterocycles. The Bertz CT molecular complexity index is 2080. The Labute approximate surface area is 305 Å². The summed E-state index contributed by atoms with van der Waals surface area (Å²) in [4.78, 5) is 11.3. The normalized spacial score (nSPS) is 23.7. The van der Waals surface area contributed by atoms with E-state index in [4.69, 9.17) is 0 Å². The number of aromatic nitrogens is 2. The molecule has 3 N–H and O–H groups in total. The molecule has 43 heavy (non-hydrogen) atoms. The number of H-pyrrole nitrogens is 2. The van der Waals surface area contributed by atoms with Crippen molar-refractivity contribution in [2.75, 3.05) is 0 Å². The predicted molar refractivity (Wildman–Crippen MR) is 184 cm³/mol. The number of allylic oxidation sites excluding steroid dienone is 5. The highest BCUT2D eigenvalue weighted by Crippen LogP contribution is 2.54. The minimum Gasteiger partial charge on any atom is -0.356 e. The highest BCUT2D eigenvalue weighted by molar-refractivity contribution is 9.15. The average molecular weight is 1110 g/mol. The maximum Gasteiger partial charge on any atom is 0.200 e. The van der Waals surface area contributed by atoms with Crippen LogP contribution in [0.25, 0.3) is 18.2 Å². The Balaban J connectivity index is 1.74. The molecule has 8 bridgehead atoms. The van der Waals surface area contributed by atoms with Crippen molar-refractivity contribution in [3.8, 4) is 0 Å². The largest absolute Gasteiger partial charge is 0.356 e. The predicted octanol–water partition coefficient (Wildman–Crippen LogP) is 9.89. The molecule has 3 aliphatic heterocycles. The van der Waals surface area contributed by atoms with Crippen LogP contribution in [0.3, 0.4) is 0 Å². The number of hydrogen-bond acceptors (Lipinski definition) is 2. The lowest BCUT2D eigenvalue weighted by Gasteiger charge is -2.26. The molecule has 0 saturated carbocycles. The van der Waals surface area contributed by atoms with Crippen LogP contribution in [0.2, 0.25) is 0 Å². The SMILES string of the molecule is Fc1c(F)c(F)c(C2(Br)C(Br)=C3/C=c4\[nH]/c(c(Br)c4Br)=C\c4[nH]c(c(Br)c4Br)/C=C4N=C(/C=C/2N3)C(Br)=C\4Br)c(F)c1F. The van der Waals surface area contributed by atoms with Crippen LogP contribution in [0.4, 0.5) is 22.0 Å². The summed E-state index contributed by atoms with van der Waals surface area (Å²) in [5, 5.41) is 4.25. The van der Waals surface area contributed by atoms with Crippen molar-refractivity contribution >= 4 is 151 Å². The highest BCUT2D eigenvalue weighted by Gasteiger charge is 2.49. The molecule has 0 fully saturated rings. The molecule has 4 nitrogen and oxygen atoms in total. The van der Waals surface area contributed by atoms with E-state index in [-0.39, 0.29) is 15.9 Å². The van der Waals surface area contributed by atoms with Gasteiger partial charge in [-0.05, 0) is 120 Å². The Kier molecular flexibility index (Phi) is 8.73. The Morgan fingerprint density at radius 2 is 1.14 bits per heavy atom. The van der Waals surface area contributed by atoms with E-state index in [0.29, 0.717) is 45.7 Å². The number of fused-ring (bicyclic) bond motifs is 7. The lowest BCUT2D eigenvalue weighted by Crippen LogP contribution is -2.27. The minimum atomic E-state index is -2.26. The molecular formula is C26H7Br8F5N4. The molecule has 222 valence electrons. The van der Waals surface area contributed by atoms with Crippen molar-refractivity contribution in [2.24, 2.45) is 4.99 Å². The molecule has 0 amide bonds. The van der Waals surface area contributed by atoms with Gasteiger partial charge in [-0.3, -0.25) is 0 Å². The summed E-state index contributed by atoms with van der Waals surface area (Å²) in [5.74, 6) is -10.4. The maximum absolute atomic E-state index is 15.4. The van der Waals surface area contributed by atoms with Crippen LogP contribution < -0.4 is 16.0 Å². The first-order valence-corrected chi connectivity index (χ1v) is 17.8. The van der Waals surface area contributed by atoms with Gasteiger partial charge in [-0.1, -0.05) is 31.9 Å². The number of benzene rings is 1. The lowest BCUT2D eigenvalue weighted by molar-refractivity contribution is 0.367. The van der Waals surface area contributed by atoms with E-state index < -0.39 is 39.0 Å². The fraction of sp³-hybridized carbons (Fsp3) is 0.0385. The van der Waals surface area contributed by atoms with E-state index in [1.807, 2.05) is 6.08 Å². The topological polar surface area (TPSA) is 56.0 Å². The first-order chi connectivity index (χ1) is 20.2. The molecule has 1 atom stereocenters. The van der Waals surface area contributed by atoms with Crippen LogP contribution in [-0.4, -0.2) is 15.7 Å². The van der Waals surface area contributed by atoms with Gasteiger partial charge in [-0.25, -0.2) is 26.9 Å². The maximum atomic E-state index is 15.4. The first-order valence-electron chi connectivity index (χ1n) is 11.5. The molecule has 0 spiro atoms. The van der Waals surface area contributed by atoms with Gasteiger partial charge in [0.1, 0.15) is 4.32 Å². The number of hydrogen-bond donors (Lipinski definition) is 3. The summed E-state index contributed by atoms with van der Waals surface area (Å²) < 4.78 is 75.5. The zero-order valence-corrected chi connectivity index (χ0v) is 32.9. The van der Waals surface area contributed by atoms with Crippen molar-refractivity contribution in [1.29, 1.82) is 0 Å². The van der Waals surface area contributed by atoms with Gasteiger partial charge in [0.15, 0.2) is 23.3 Å². The second kappa shape index (κ2) is 11.6. The molecule has 3 aliphatic rings. The molecular weight excluding hydrogens is 1100 g/mol. The number of alkyl halides is 1. The molecule has 6 rings (SSSR count). The van der Waals surface area contributed by atoms with Gasteiger partial charge in [-0.2, -0.15) is 0 Å². The van der Waals surface area contributed by atoms with Gasteiger partial charge >= 0.3 is 0 Å². The molecule has 3 aromatic rings. The van der Waals surface area contributed by atoms with E-state index in [2.05, 4.69) is 148 Å². The molecule has 1 unspecified atom stereocenters. The number of halogens is 13. The molecule has 17 heteroatoms. The standard InChI is InChI=1S/C26H7Br8F5N4/c27-14-5-1-7-16(29)18(31)9(41-7)3-11-25(33)26(34,13-20(35)22(37)24(39)23(38)21(13)36)12(43-11)4-10-19(32)17(30)8(42-10)2-6(40-5)15(14)28/h1-4,40-41,43H/b7-1-,8-2-,9-3-,12-4-. The summed E-state index contributed by atoms with van der Waals surface area (Å²) in [7, 11) is 0. The van der Waals surface area contributed by atoms with Crippen LogP contribution in [-0.2, 0) is 4.32 Å². The van der Waals surface area contributed by atoms with Gasteiger partial charge in [0.25, 0.3) is 0 Å². The van der Waals surface area contributed by atoms with Crippen molar-refractivity contribution < 1.29 is 22.0 Å². The third-order valence-electron chi connectivity index (χ3n) is 6.63. The molecule has 5 heterocycles. The second-order valence-corrected chi connectivity index (χ2v) is 15.9. The van der Waals surface area contributed by atoms with E-state index in [0.717, 1.165) is 14.6 Å². The Hall–Kier alpha value is -0.560. The van der Waals surface area contributed by atoms with Crippen LogP contribution >= 0.6 is 127 Å². The number of aromatic amines is 2. The monoisotopic (exact) mass is 1100 g/mol. The zero-order chi connectivity index (χ0) is 31.3. The zero-order valence-electron chi connectivity index (χ0n) is 20.2. The van der Waals surface area contributed by atoms with Crippen molar-refractivity contribution in [3.63, 3.8) is 0 Å². The fourth-order valence-corrected chi connectivity index (χ4v) is 8.49. The van der Waals surface area contributed by atoms with Crippen LogP contribution in [0, 0.1) is 29.1 Å². The van der Waals surface area contributed by atoms with E-state index in [1.165, 1.54) is 6.08 Å². The summed E-state index contributed by atoms with van der Waals surface area (Å²) in [6.45, 7) is 0. The van der Waals surface area contributed by atoms with Crippen LogP contribution in [0.1, 0.15) is 17.0 Å². The van der Waals surface area contributed by atoms with E-state index in [9.17, 15) is 13.2 Å². The number of aliphatic imine (C=N–C) groups is 1. The van der Waals surface area contributed by atoms with Crippen molar-refractivity contribution in [1.82, 2.24) is 15.3 Å². The summed E-state index contributed by atoms with van der Waals surface area (Å²) in [6, 6.07) is 0. The third-order valence-corrected chi connectivity index (χ3v) is 15.9. The summed E-state index contributed by atoms with van der Waals surface area (Å²) in [6.07, 6.45) is 6.66. The van der Waals surface area contributed by atoms with Gasteiger partial charge in [0.05, 0.1) is 71.6 Å². The highest BCUT2D eigenvalue weighted by atomic mass is 79.9. The Morgan fingerprint density at radius 3 is 1.74 bits per heavy atom. The lowest BCUT2D eigenvalue weighted by atomic mass is 9.94. The number of nitrogens with one attached hydrogen (secondary N) is 3. The first kappa shape index (κ1) is 32.4. The van der Waals surface area contributed by atoms with Gasteiger partial charge in [0, 0.05) is 10.2 Å². The van der Waals surface area contributed by atoms with E-state index in [1.54, 1.807) is 12.2 Å². The van der Waals surface area contributed by atoms with Gasteiger partial charge in [0.2, 0.25) is 5.82 Å². The molecule has 0 radical (unpaired) electrons. The molecule has 2 aromatic heterocycles. The van der Waals surface area contributed by atoms with Crippen molar-refractivity contribution in [2.45, 2.75) is 4.32 Å². The minimum absolute atomic E-state index is 0.0118. The quantitative estimate of drug-likeness (QED) is 0.0968. The molecule has 1 aromatic carbocycles. The fourth-order valence-electron chi connectivity index (χ4n) is 4.56. The smallest absolute Gasteiger partial charge is 0.200 e. The van der Waals surface area contributed by atoms with Gasteiger partial charge < -0.3 is 15.3 Å². The summed E-state index contributed by atoms with van der Waals surface area (Å²) >= 11 is 28.1. The van der Waals surface area contributed by atoms with Gasteiger partial charge in [-0.15, -0.1) is 0 Å². The molecule has 0 aliphatic carbocycles. The third kappa shape index (κ3) is 5.01. The summed E-state index contributed by atoms with van der Waals surface area (Å²) in [5.41, 5.74) is 1.31. The van der Waals surface area contributed by atoms with E-state index >= 15 is 8.78 Å². The van der Waals surface area contributed by atoms with Crippen LogP contribution in [0.15, 0.2) is 59.5 Å². The number of rotatable bonds is 1. The van der Waals surface area contributed by atoms with Crippen molar-refractivity contribution in [3.05, 3.63) is 111 Å². The Morgan fingerprint density at radius 1 is 0.605 bits per heavy atom.